The fourth-order valence-corrected chi connectivity index (χ4v) is 5.73. The Morgan fingerprint density at radius 3 is 2.82 bits per heavy atom. The van der Waals surface area contributed by atoms with E-state index in [0.29, 0.717) is 18.4 Å². The van der Waals surface area contributed by atoms with Crippen molar-refractivity contribution >= 4 is 5.78 Å². The van der Waals surface area contributed by atoms with E-state index in [1.165, 1.54) is 24.8 Å². The SMILES string of the molecule is C[C@]1(CO)CCC2=C1CCC1C2CCC2=CC(=O)C=C[C@@]21C. The molecular weight excluding hydrogens is 272 g/mol. The predicted molar refractivity (Wildman–Crippen MR) is 87.2 cm³/mol. The van der Waals surface area contributed by atoms with Crippen molar-refractivity contribution in [3.05, 3.63) is 34.9 Å². The Kier molecular flexibility index (Phi) is 3.07. The van der Waals surface area contributed by atoms with Crippen LogP contribution in [0.1, 0.15) is 52.4 Å². The Morgan fingerprint density at radius 2 is 2.05 bits per heavy atom. The first-order chi connectivity index (χ1) is 10.5. The second-order valence-corrected chi connectivity index (χ2v) is 8.20. The molecule has 4 rings (SSSR count). The van der Waals surface area contributed by atoms with E-state index in [0.717, 1.165) is 19.3 Å². The minimum atomic E-state index is 0.0374. The van der Waals surface area contributed by atoms with Crippen molar-refractivity contribution in [3.63, 3.8) is 0 Å². The van der Waals surface area contributed by atoms with Crippen LogP contribution in [-0.2, 0) is 4.79 Å². The van der Waals surface area contributed by atoms with Gasteiger partial charge in [0.2, 0.25) is 0 Å². The molecule has 2 nitrogen and oxygen atoms in total. The zero-order chi connectivity index (χ0) is 15.5. The van der Waals surface area contributed by atoms with Gasteiger partial charge in [-0.15, -0.1) is 0 Å². The molecule has 4 aliphatic rings. The van der Waals surface area contributed by atoms with Crippen LogP contribution in [0.5, 0.6) is 0 Å². The molecule has 1 fully saturated rings. The summed E-state index contributed by atoms with van der Waals surface area (Å²) < 4.78 is 0. The Labute approximate surface area is 133 Å². The molecule has 0 bridgehead atoms. The van der Waals surface area contributed by atoms with Crippen molar-refractivity contribution in [2.24, 2.45) is 22.7 Å². The van der Waals surface area contributed by atoms with Crippen molar-refractivity contribution < 1.29 is 9.90 Å². The van der Waals surface area contributed by atoms with Crippen LogP contribution < -0.4 is 0 Å². The summed E-state index contributed by atoms with van der Waals surface area (Å²) in [4.78, 5) is 11.7. The lowest BCUT2D eigenvalue weighted by Gasteiger charge is -2.51. The summed E-state index contributed by atoms with van der Waals surface area (Å²) in [6.07, 6.45) is 12.7. The lowest BCUT2D eigenvalue weighted by atomic mass is 9.53. The molecule has 4 atom stereocenters. The number of carbonyl (C=O) groups excluding carboxylic acids is 1. The molecular formula is C20H26O2. The van der Waals surface area contributed by atoms with Crippen molar-refractivity contribution in [1.82, 2.24) is 0 Å². The first-order valence-corrected chi connectivity index (χ1v) is 8.75. The number of aliphatic hydroxyl groups is 1. The molecule has 1 saturated carbocycles. The molecule has 0 aromatic heterocycles. The van der Waals surface area contributed by atoms with Gasteiger partial charge in [0.15, 0.2) is 5.78 Å². The second-order valence-electron chi connectivity index (χ2n) is 8.20. The molecule has 0 amide bonds. The second kappa shape index (κ2) is 4.67. The maximum Gasteiger partial charge on any atom is 0.178 e. The average Bonchev–Trinajstić information content (AvgIpc) is 2.86. The minimum absolute atomic E-state index is 0.0374. The minimum Gasteiger partial charge on any atom is -0.395 e. The topological polar surface area (TPSA) is 37.3 Å². The molecule has 1 N–H and O–H groups in total. The fourth-order valence-electron chi connectivity index (χ4n) is 5.73. The zero-order valence-electron chi connectivity index (χ0n) is 13.7. The van der Waals surface area contributed by atoms with Gasteiger partial charge in [0.05, 0.1) is 6.61 Å². The van der Waals surface area contributed by atoms with Crippen LogP contribution in [0.4, 0.5) is 0 Å². The highest BCUT2D eigenvalue weighted by Crippen LogP contribution is 2.61. The number of allylic oxidation sites excluding steroid dienone is 5. The van der Waals surface area contributed by atoms with E-state index in [1.54, 1.807) is 17.2 Å². The van der Waals surface area contributed by atoms with Gasteiger partial charge in [0, 0.05) is 10.8 Å². The van der Waals surface area contributed by atoms with Crippen LogP contribution in [0.3, 0.4) is 0 Å². The number of fused-ring (bicyclic) bond motifs is 4. The van der Waals surface area contributed by atoms with E-state index in [9.17, 15) is 9.90 Å². The molecule has 2 heteroatoms. The largest absolute Gasteiger partial charge is 0.395 e. The Morgan fingerprint density at radius 1 is 1.23 bits per heavy atom. The lowest BCUT2D eigenvalue weighted by molar-refractivity contribution is -0.110. The number of ketones is 1. The third kappa shape index (κ3) is 1.79. The highest BCUT2D eigenvalue weighted by Gasteiger charge is 2.51. The smallest absolute Gasteiger partial charge is 0.178 e. The summed E-state index contributed by atoms with van der Waals surface area (Å²) in [7, 11) is 0. The van der Waals surface area contributed by atoms with Gasteiger partial charge in [-0.25, -0.2) is 0 Å². The summed E-state index contributed by atoms with van der Waals surface area (Å²) >= 11 is 0. The summed E-state index contributed by atoms with van der Waals surface area (Å²) in [6.45, 7) is 4.87. The Balaban J connectivity index is 1.73. The van der Waals surface area contributed by atoms with Gasteiger partial charge in [0.1, 0.15) is 0 Å². The Hall–Kier alpha value is -1.15. The van der Waals surface area contributed by atoms with Gasteiger partial charge in [-0.1, -0.05) is 36.6 Å². The van der Waals surface area contributed by atoms with Crippen LogP contribution in [0.2, 0.25) is 0 Å². The van der Waals surface area contributed by atoms with Crippen LogP contribution in [0.15, 0.2) is 34.9 Å². The highest BCUT2D eigenvalue weighted by atomic mass is 16.3. The molecule has 0 radical (unpaired) electrons. The van der Waals surface area contributed by atoms with Crippen LogP contribution in [0.25, 0.3) is 0 Å². The first kappa shape index (κ1) is 14.4. The quantitative estimate of drug-likeness (QED) is 0.744. The molecule has 118 valence electrons. The molecule has 22 heavy (non-hydrogen) atoms. The van der Waals surface area contributed by atoms with Crippen molar-refractivity contribution in [2.75, 3.05) is 6.61 Å². The monoisotopic (exact) mass is 298 g/mol. The van der Waals surface area contributed by atoms with Gasteiger partial charge < -0.3 is 5.11 Å². The van der Waals surface area contributed by atoms with Gasteiger partial charge in [-0.3, -0.25) is 4.79 Å². The van der Waals surface area contributed by atoms with E-state index >= 15 is 0 Å². The van der Waals surface area contributed by atoms with E-state index < -0.39 is 0 Å². The molecule has 0 aliphatic heterocycles. The molecule has 0 heterocycles. The standard InChI is InChI=1S/C20H26O2/c1-19(12-21)9-8-16-15-4-3-13-11-14(22)7-10-20(13,2)18(15)6-5-17(16)19/h7,10-11,15,18,21H,3-6,8-9,12H2,1-2H3/t15?,18?,19-,20+/m1/s1. The van der Waals surface area contributed by atoms with E-state index in [4.69, 9.17) is 0 Å². The van der Waals surface area contributed by atoms with E-state index in [1.807, 2.05) is 6.08 Å². The Bertz CT molecular complexity index is 624. The third-order valence-corrected chi connectivity index (χ3v) is 7.15. The van der Waals surface area contributed by atoms with Crippen molar-refractivity contribution in [1.29, 1.82) is 0 Å². The van der Waals surface area contributed by atoms with Gasteiger partial charge >= 0.3 is 0 Å². The molecule has 0 saturated heterocycles. The van der Waals surface area contributed by atoms with Crippen LogP contribution in [0, 0.1) is 22.7 Å². The molecule has 0 aromatic carbocycles. The summed E-state index contributed by atoms with van der Waals surface area (Å²) in [6, 6.07) is 0. The first-order valence-electron chi connectivity index (χ1n) is 8.75. The van der Waals surface area contributed by atoms with Gasteiger partial charge in [-0.2, -0.15) is 0 Å². The summed E-state index contributed by atoms with van der Waals surface area (Å²) in [5.41, 5.74) is 4.71. The van der Waals surface area contributed by atoms with Crippen molar-refractivity contribution in [2.45, 2.75) is 52.4 Å². The number of aliphatic hydroxyl groups excluding tert-OH is 1. The number of hydrogen-bond acceptors (Lipinski definition) is 2. The lowest BCUT2D eigenvalue weighted by Crippen LogP contribution is -2.42. The molecule has 0 spiro atoms. The van der Waals surface area contributed by atoms with Crippen LogP contribution >= 0.6 is 0 Å². The fraction of sp³-hybridized carbons (Fsp3) is 0.650. The molecule has 4 aliphatic carbocycles. The maximum atomic E-state index is 11.7. The van der Waals surface area contributed by atoms with Crippen molar-refractivity contribution in [3.8, 4) is 0 Å². The average molecular weight is 298 g/mol. The normalized spacial score (nSPS) is 43.6. The summed E-state index contributed by atoms with van der Waals surface area (Å²) in [5.74, 6) is 1.46. The zero-order valence-corrected chi connectivity index (χ0v) is 13.7. The van der Waals surface area contributed by atoms with E-state index in [2.05, 4.69) is 19.9 Å². The van der Waals surface area contributed by atoms with Gasteiger partial charge in [-0.05, 0) is 62.5 Å². The number of hydrogen-bond donors (Lipinski definition) is 1. The third-order valence-electron chi connectivity index (χ3n) is 7.15. The maximum absolute atomic E-state index is 11.7. The highest BCUT2D eigenvalue weighted by molar-refractivity contribution is 6.01. The molecule has 0 aromatic rings. The molecule has 2 unspecified atom stereocenters. The predicted octanol–water partition coefficient (Wildman–Crippen LogP) is 3.97. The van der Waals surface area contributed by atoms with E-state index in [-0.39, 0.29) is 16.6 Å². The number of rotatable bonds is 1. The van der Waals surface area contributed by atoms with Gasteiger partial charge in [0.25, 0.3) is 0 Å². The number of carbonyl (C=O) groups is 1. The van der Waals surface area contributed by atoms with Crippen LogP contribution in [-0.4, -0.2) is 17.5 Å². The summed E-state index contributed by atoms with van der Waals surface area (Å²) in [5, 5.41) is 9.84.